The Labute approximate surface area is 355 Å². The molecule has 2 aromatic heterocycles. The fraction of sp³-hybridized carbons (Fsp3) is 0.295. The van der Waals surface area contributed by atoms with Gasteiger partial charge in [0.05, 0.1) is 28.1 Å². The maximum atomic E-state index is 15.4. The topological polar surface area (TPSA) is 217 Å². The number of hydrogen-bond donors (Lipinski definition) is 5. The molecule has 1 unspecified atom stereocenters. The minimum absolute atomic E-state index is 0.0483. The second-order valence-electron chi connectivity index (χ2n) is 15.1. The molecule has 18 heteroatoms. The Bertz CT molecular complexity index is 2720. The Morgan fingerprint density at radius 1 is 0.903 bits per heavy atom. The smallest absolute Gasteiger partial charge is 0.262 e. The quantitative estimate of drug-likeness (QED) is 0.0395. The molecule has 2 aliphatic rings. The molecule has 62 heavy (non-hydrogen) atoms. The fourth-order valence-electron chi connectivity index (χ4n) is 7.49. The Morgan fingerprint density at radius 2 is 1.66 bits per heavy atom. The Kier molecular flexibility index (Phi) is 12.9. The number of H-pyrrole nitrogens is 1. The summed E-state index contributed by atoms with van der Waals surface area (Å²) in [5, 5.41) is 8.69. The third-order valence-electron chi connectivity index (χ3n) is 10.7. The molecule has 1 atom stereocenters. The summed E-state index contributed by atoms with van der Waals surface area (Å²) >= 11 is 0. The monoisotopic (exact) mass is 867 g/mol. The van der Waals surface area contributed by atoms with Crippen molar-refractivity contribution in [3.05, 3.63) is 113 Å². The first kappa shape index (κ1) is 43.3. The molecule has 7 rings (SSSR count). The number of carbonyl (C=O) groups excluding carboxylic acids is 6. The number of rotatable bonds is 18. The van der Waals surface area contributed by atoms with Crippen LogP contribution in [0.2, 0.25) is 0 Å². The van der Waals surface area contributed by atoms with E-state index < -0.39 is 68.4 Å². The number of unbranched alkanes of at least 4 members (excludes halogenated alkanes) is 3. The molecular formula is C44H43F2N7O8S. The van der Waals surface area contributed by atoms with E-state index in [1.165, 1.54) is 6.20 Å². The lowest BCUT2D eigenvalue weighted by atomic mass is 9.99. The summed E-state index contributed by atoms with van der Waals surface area (Å²) in [6.07, 6.45) is 6.84. The molecule has 0 radical (unpaired) electrons. The number of nitrogens with one attached hydrogen (secondary N) is 5. The van der Waals surface area contributed by atoms with Gasteiger partial charge >= 0.3 is 0 Å². The number of nitrogens with zero attached hydrogens (tertiary/aromatic N) is 2. The number of hydrogen-bond acceptors (Lipinski definition) is 10. The minimum Gasteiger partial charge on any atom is -0.385 e. The van der Waals surface area contributed by atoms with Crippen molar-refractivity contribution in [2.24, 2.45) is 0 Å². The molecule has 0 aliphatic carbocycles. The number of fused-ring (bicyclic) bond motifs is 2. The van der Waals surface area contributed by atoms with Gasteiger partial charge in [0.1, 0.15) is 17.5 Å². The Hall–Kier alpha value is -6.82. The minimum atomic E-state index is -3.91. The van der Waals surface area contributed by atoms with Gasteiger partial charge in [0.25, 0.3) is 11.8 Å². The lowest BCUT2D eigenvalue weighted by Gasteiger charge is -2.27. The molecule has 5 amide bonds. The zero-order valence-corrected chi connectivity index (χ0v) is 34.4. The Balaban J connectivity index is 0.853. The molecule has 0 spiro atoms. The zero-order valence-electron chi connectivity index (χ0n) is 33.6. The van der Waals surface area contributed by atoms with Crippen LogP contribution in [-0.4, -0.2) is 76.9 Å². The summed E-state index contributed by atoms with van der Waals surface area (Å²) in [6, 6.07) is 14.6. The van der Waals surface area contributed by atoms with Gasteiger partial charge in [0.15, 0.2) is 5.82 Å². The van der Waals surface area contributed by atoms with Crippen molar-refractivity contribution in [1.29, 1.82) is 0 Å². The van der Waals surface area contributed by atoms with Crippen LogP contribution in [0, 0.1) is 11.6 Å². The van der Waals surface area contributed by atoms with E-state index in [1.807, 2.05) is 24.3 Å². The van der Waals surface area contributed by atoms with Gasteiger partial charge in [-0.2, -0.15) is 0 Å². The molecule has 1 fully saturated rings. The molecule has 1 saturated heterocycles. The fourth-order valence-corrected chi connectivity index (χ4v) is 8.62. The van der Waals surface area contributed by atoms with Gasteiger partial charge in [-0.3, -0.25) is 43.7 Å². The molecule has 5 aromatic rings. The SMILES string of the molecule is CCCS(=O)(=O)Nc1ccc(F)c(C(=O)c2c[nH]c3ncc(-c4ccc(CNC(=O)CCCCCCNc5ccc6c(c5)C(=O)N(C5CCC(=O)NC5=O)C6=O)cc4)cc23)c1F. The van der Waals surface area contributed by atoms with Crippen LogP contribution in [0.3, 0.4) is 0 Å². The third-order valence-corrected chi connectivity index (χ3v) is 12.2. The van der Waals surface area contributed by atoms with Crippen LogP contribution in [0.4, 0.5) is 20.2 Å². The number of pyridine rings is 1. The molecule has 3 aromatic carbocycles. The van der Waals surface area contributed by atoms with Crippen molar-refractivity contribution in [3.8, 4) is 11.1 Å². The van der Waals surface area contributed by atoms with Crippen LogP contribution in [0.25, 0.3) is 22.2 Å². The highest BCUT2D eigenvalue weighted by atomic mass is 32.2. The molecule has 0 bridgehead atoms. The molecule has 4 heterocycles. The molecule has 322 valence electrons. The van der Waals surface area contributed by atoms with Crippen molar-refractivity contribution < 1.29 is 46.0 Å². The van der Waals surface area contributed by atoms with E-state index in [9.17, 15) is 41.6 Å². The maximum Gasteiger partial charge on any atom is 0.262 e. The van der Waals surface area contributed by atoms with Crippen LogP contribution >= 0.6 is 0 Å². The number of aromatic amines is 1. The first-order valence-electron chi connectivity index (χ1n) is 20.2. The first-order chi connectivity index (χ1) is 29.7. The number of anilines is 2. The summed E-state index contributed by atoms with van der Waals surface area (Å²) < 4.78 is 56.9. The predicted octanol–water partition coefficient (Wildman–Crippen LogP) is 5.97. The standard InChI is InChI=1S/C44H43F2N7O8S/c1-2-19-62(60,61)52-34-15-14-33(45)38(39(34)46)40(56)32-24-50-41-30(32)20-27(23-49-41)26-10-8-25(9-11-26)22-48-36(54)7-5-3-4-6-18-47-28-12-13-29-31(21-28)44(59)53(43(29)58)35-16-17-37(55)51-42(35)57/h8-15,20-21,23-24,35,47,52H,2-7,16-19,22H2,1H3,(H,48,54)(H,49,50)(H,51,55,57). The van der Waals surface area contributed by atoms with E-state index in [0.717, 1.165) is 47.4 Å². The number of amides is 5. The van der Waals surface area contributed by atoms with Crippen LogP contribution < -0.4 is 20.7 Å². The molecule has 15 nitrogen and oxygen atoms in total. The van der Waals surface area contributed by atoms with Crippen molar-refractivity contribution >= 4 is 67.8 Å². The lowest BCUT2D eigenvalue weighted by molar-refractivity contribution is -0.136. The number of piperidine rings is 1. The van der Waals surface area contributed by atoms with Crippen molar-refractivity contribution in [2.45, 2.75) is 70.9 Å². The number of ketones is 1. The highest BCUT2D eigenvalue weighted by molar-refractivity contribution is 7.92. The van der Waals surface area contributed by atoms with E-state index in [2.05, 4.69) is 30.6 Å². The van der Waals surface area contributed by atoms with Crippen LogP contribution in [0.1, 0.15) is 100 Å². The molecule has 0 saturated carbocycles. The van der Waals surface area contributed by atoms with Crippen molar-refractivity contribution in [3.63, 3.8) is 0 Å². The van der Waals surface area contributed by atoms with Crippen molar-refractivity contribution in [1.82, 2.24) is 25.5 Å². The van der Waals surface area contributed by atoms with E-state index >= 15 is 4.39 Å². The number of imide groups is 2. The number of aromatic nitrogens is 2. The zero-order chi connectivity index (χ0) is 44.1. The van der Waals surface area contributed by atoms with Gasteiger partial charge in [-0.1, -0.05) is 44.0 Å². The summed E-state index contributed by atoms with van der Waals surface area (Å²) in [6.45, 7) is 2.55. The normalized spacial score (nSPS) is 15.1. The van der Waals surface area contributed by atoms with Gasteiger partial charge < -0.3 is 15.6 Å². The third kappa shape index (κ3) is 9.39. The molecule has 2 aliphatic heterocycles. The number of carbonyl (C=O) groups is 6. The second kappa shape index (κ2) is 18.4. The van der Waals surface area contributed by atoms with E-state index in [-0.39, 0.29) is 47.6 Å². The summed E-state index contributed by atoms with van der Waals surface area (Å²) in [5.41, 5.74) is 2.13. The maximum absolute atomic E-state index is 15.4. The number of benzene rings is 3. The highest BCUT2D eigenvalue weighted by Gasteiger charge is 2.44. The first-order valence-corrected chi connectivity index (χ1v) is 21.9. The van der Waals surface area contributed by atoms with Gasteiger partial charge in [-0.05, 0) is 73.2 Å². The number of halogens is 2. The lowest BCUT2D eigenvalue weighted by Crippen LogP contribution is -2.54. The van der Waals surface area contributed by atoms with Gasteiger partial charge in [-0.25, -0.2) is 22.2 Å². The van der Waals surface area contributed by atoms with E-state index in [1.54, 1.807) is 37.4 Å². The largest absolute Gasteiger partial charge is 0.385 e. The average molecular weight is 868 g/mol. The molecule has 5 N–H and O–H groups in total. The Morgan fingerprint density at radius 3 is 2.42 bits per heavy atom. The van der Waals surface area contributed by atoms with Crippen molar-refractivity contribution in [2.75, 3.05) is 22.3 Å². The summed E-state index contributed by atoms with van der Waals surface area (Å²) in [5.74, 6) is -6.02. The van der Waals surface area contributed by atoms with Crippen LogP contribution in [0.5, 0.6) is 0 Å². The predicted molar refractivity (Wildman–Crippen MR) is 226 cm³/mol. The van der Waals surface area contributed by atoms with E-state index in [0.29, 0.717) is 48.2 Å². The summed E-state index contributed by atoms with van der Waals surface area (Å²) in [4.78, 5) is 84.1. The van der Waals surface area contributed by atoms with Crippen LogP contribution in [0.15, 0.2) is 73.1 Å². The van der Waals surface area contributed by atoms with Gasteiger partial charge in [-0.15, -0.1) is 0 Å². The van der Waals surface area contributed by atoms with Gasteiger partial charge in [0, 0.05) is 60.5 Å². The van der Waals surface area contributed by atoms with Gasteiger partial charge in [0.2, 0.25) is 33.5 Å². The molecular weight excluding hydrogens is 825 g/mol. The second-order valence-corrected chi connectivity index (χ2v) is 17.0. The van der Waals surface area contributed by atoms with Crippen LogP contribution in [-0.2, 0) is 31.0 Å². The summed E-state index contributed by atoms with van der Waals surface area (Å²) in [7, 11) is -3.91. The number of sulfonamides is 1. The average Bonchev–Trinajstić information content (AvgIpc) is 3.78. The highest BCUT2D eigenvalue weighted by Crippen LogP contribution is 2.31. The van der Waals surface area contributed by atoms with E-state index in [4.69, 9.17) is 0 Å².